The van der Waals surface area contributed by atoms with E-state index in [2.05, 4.69) is 25.6 Å². The molecule has 0 spiro atoms. The van der Waals surface area contributed by atoms with Crippen LogP contribution in [0.15, 0.2) is 60.0 Å². The van der Waals surface area contributed by atoms with E-state index in [1.165, 1.54) is 11.3 Å². The largest absolute Gasteiger partial charge is 0.271 e. The van der Waals surface area contributed by atoms with Crippen molar-refractivity contribution in [2.75, 3.05) is 0 Å². The van der Waals surface area contributed by atoms with E-state index < -0.39 is 0 Å². The lowest BCUT2D eigenvalue weighted by Gasteiger charge is -2.00. The van der Waals surface area contributed by atoms with E-state index in [-0.39, 0.29) is 5.91 Å². The van der Waals surface area contributed by atoms with Crippen LogP contribution in [0.4, 0.5) is 0 Å². The lowest BCUT2D eigenvalue weighted by Crippen LogP contribution is -2.17. The molecule has 0 fully saturated rings. The minimum absolute atomic E-state index is 0.305. The maximum absolute atomic E-state index is 12.1. The van der Waals surface area contributed by atoms with Crippen molar-refractivity contribution < 1.29 is 4.79 Å². The SMILES string of the molecule is Cc1nn2c(/C=N\NC(=O)c3ccncc3)c(-c3ccccc3)nc2s1. The van der Waals surface area contributed by atoms with E-state index in [9.17, 15) is 4.79 Å². The Morgan fingerprint density at radius 3 is 2.73 bits per heavy atom. The first-order chi connectivity index (χ1) is 12.7. The standard InChI is InChI=1S/C18H14N6OS/c1-12-23-24-15(11-20-22-17(25)14-7-9-19-10-8-14)16(21-18(24)26-12)13-5-3-2-4-6-13/h2-11H,1H3,(H,22,25)/b20-11-. The van der Waals surface area contributed by atoms with Gasteiger partial charge in [-0.3, -0.25) is 9.78 Å². The highest BCUT2D eigenvalue weighted by Crippen LogP contribution is 2.25. The molecule has 0 saturated carbocycles. The average Bonchev–Trinajstić information content (AvgIpc) is 3.20. The number of nitrogens with one attached hydrogen (secondary N) is 1. The van der Waals surface area contributed by atoms with E-state index >= 15 is 0 Å². The third-order valence-electron chi connectivity index (χ3n) is 3.68. The van der Waals surface area contributed by atoms with E-state index in [1.807, 2.05) is 37.3 Å². The number of hydrogen-bond donors (Lipinski definition) is 1. The van der Waals surface area contributed by atoms with Crippen molar-refractivity contribution in [1.29, 1.82) is 0 Å². The number of imidazole rings is 1. The number of pyridine rings is 1. The van der Waals surface area contributed by atoms with Gasteiger partial charge in [0.1, 0.15) is 16.4 Å². The predicted octanol–water partition coefficient (Wildman–Crippen LogP) is 2.93. The van der Waals surface area contributed by atoms with Crippen LogP contribution in [0.1, 0.15) is 21.1 Å². The van der Waals surface area contributed by atoms with Gasteiger partial charge in [-0.05, 0) is 19.1 Å². The Balaban J connectivity index is 1.67. The van der Waals surface area contributed by atoms with Crippen LogP contribution in [-0.4, -0.2) is 31.7 Å². The van der Waals surface area contributed by atoms with Crippen molar-refractivity contribution in [3.05, 3.63) is 71.1 Å². The number of carbonyl (C=O) groups excluding carboxylic acids is 1. The van der Waals surface area contributed by atoms with Crippen LogP contribution in [0.3, 0.4) is 0 Å². The molecule has 26 heavy (non-hydrogen) atoms. The highest BCUT2D eigenvalue weighted by Gasteiger charge is 2.15. The normalized spacial score (nSPS) is 11.3. The average molecular weight is 362 g/mol. The summed E-state index contributed by atoms with van der Waals surface area (Å²) in [5, 5.41) is 9.48. The second-order valence-electron chi connectivity index (χ2n) is 5.46. The molecule has 1 aromatic carbocycles. The fourth-order valence-corrected chi connectivity index (χ4v) is 3.25. The molecule has 3 heterocycles. The molecular formula is C18H14N6OS. The van der Waals surface area contributed by atoms with Crippen molar-refractivity contribution in [3.8, 4) is 11.3 Å². The first-order valence-corrected chi connectivity index (χ1v) is 8.69. The zero-order chi connectivity index (χ0) is 17.9. The quantitative estimate of drug-likeness (QED) is 0.447. The second kappa shape index (κ2) is 6.85. The molecule has 0 aliphatic heterocycles. The van der Waals surface area contributed by atoms with Gasteiger partial charge in [-0.2, -0.15) is 10.2 Å². The van der Waals surface area contributed by atoms with Gasteiger partial charge in [-0.1, -0.05) is 41.7 Å². The molecular weight excluding hydrogens is 348 g/mol. The summed E-state index contributed by atoms with van der Waals surface area (Å²) in [6.45, 7) is 1.92. The molecule has 1 N–H and O–H groups in total. The minimum Gasteiger partial charge on any atom is -0.267 e. The van der Waals surface area contributed by atoms with Crippen LogP contribution in [0.2, 0.25) is 0 Å². The number of fused-ring (bicyclic) bond motifs is 1. The summed E-state index contributed by atoms with van der Waals surface area (Å²) < 4.78 is 1.74. The molecule has 128 valence electrons. The smallest absolute Gasteiger partial charge is 0.267 e. The van der Waals surface area contributed by atoms with Crippen LogP contribution in [0, 0.1) is 6.92 Å². The summed E-state index contributed by atoms with van der Waals surface area (Å²) in [6.07, 6.45) is 4.69. The molecule has 0 radical (unpaired) electrons. The van der Waals surface area contributed by atoms with Gasteiger partial charge in [0.2, 0.25) is 4.96 Å². The third-order valence-corrected chi connectivity index (χ3v) is 4.51. The fraction of sp³-hybridized carbons (Fsp3) is 0.0556. The molecule has 0 aliphatic rings. The third kappa shape index (κ3) is 3.09. The topological polar surface area (TPSA) is 84.5 Å². The van der Waals surface area contributed by atoms with Crippen LogP contribution in [-0.2, 0) is 0 Å². The zero-order valence-corrected chi connectivity index (χ0v) is 14.6. The van der Waals surface area contributed by atoms with Crippen molar-refractivity contribution in [2.24, 2.45) is 5.10 Å². The Morgan fingerprint density at radius 1 is 1.19 bits per heavy atom. The van der Waals surface area contributed by atoms with E-state index in [0.717, 1.165) is 21.2 Å². The molecule has 4 aromatic rings. The Bertz CT molecular complexity index is 1090. The summed E-state index contributed by atoms with van der Waals surface area (Å²) >= 11 is 1.50. The molecule has 0 aliphatic carbocycles. The van der Waals surface area contributed by atoms with Gasteiger partial charge in [-0.15, -0.1) is 0 Å². The van der Waals surface area contributed by atoms with Gasteiger partial charge in [0.15, 0.2) is 0 Å². The number of rotatable bonds is 4. The molecule has 0 bridgehead atoms. The van der Waals surface area contributed by atoms with Crippen LogP contribution < -0.4 is 5.43 Å². The molecule has 0 unspecified atom stereocenters. The Morgan fingerprint density at radius 2 is 1.96 bits per heavy atom. The molecule has 0 saturated heterocycles. The molecule has 4 rings (SSSR count). The van der Waals surface area contributed by atoms with Crippen LogP contribution in [0.5, 0.6) is 0 Å². The van der Waals surface area contributed by atoms with Gasteiger partial charge < -0.3 is 0 Å². The zero-order valence-electron chi connectivity index (χ0n) is 13.8. The van der Waals surface area contributed by atoms with Gasteiger partial charge in [0.05, 0.1) is 6.21 Å². The van der Waals surface area contributed by atoms with Crippen LogP contribution >= 0.6 is 11.3 Å². The lowest BCUT2D eigenvalue weighted by molar-refractivity contribution is 0.0955. The maximum atomic E-state index is 12.1. The fourth-order valence-electron chi connectivity index (χ4n) is 2.50. The summed E-state index contributed by atoms with van der Waals surface area (Å²) in [4.78, 5) is 21.4. The van der Waals surface area contributed by atoms with Crippen molar-refractivity contribution in [1.82, 2.24) is 25.0 Å². The number of benzene rings is 1. The number of hydrazone groups is 1. The number of amides is 1. The van der Waals surface area contributed by atoms with E-state index in [0.29, 0.717) is 11.3 Å². The van der Waals surface area contributed by atoms with E-state index in [1.54, 1.807) is 35.3 Å². The predicted molar refractivity (Wildman–Crippen MR) is 100 cm³/mol. The highest BCUT2D eigenvalue weighted by molar-refractivity contribution is 7.16. The van der Waals surface area contributed by atoms with Gasteiger partial charge >= 0.3 is 0 Å². The number of aryl methyl sites for hydroxylation is 1. The second-order valence-corrected chi connectivity index (χ2v) is 6.62. The Labute approximate surface area is 153 Å². The summed E-state index contributed by atoms with van der Waals surface area (Å²) in [5.41, 5.74) is 5.46. The molecule has 7 nitrogen and oxygen atoms in total. The first-order valence-electron chi connectivity index (χ1n) is 7.87. The van der Waals surface area contributed by atoms with Gasteiger partial charge in [0, 0.05) is 23.5 Å². The lowest BCUT2D eigenvalue weighted by atomic mass is 10.1. The Kier molecular flexibility index (Phi) is 4.24. The first kappa shape index (κ1) is 16.1. The number of carbonyl (C=O) groups is 1. The highest BCUT2D eigenvalue weighted by atomic mass is 32.1. The Hall–Kier alpha value is -3.39. The number of hydrogen-bond acceptors (Lipinski definition) is 6. The summed E-state index contributed by atoms with van der Waals surface area (Å²) in [6, 6.07) is 13.1. The number of nitrogens with zero attached hydrogens (tertiary/aromatic N) is 5. The molecule has 8 heteroatoms. The minimum atomic E-state index is -0.305. The molecule has 3 aromatic heterocycles. The summed E-state index contributed by atoms with van der Waals surface area (Å²) in [5.74, 6) is -0.305. The van der Waals surface area contributed by atoms with Gasteiger partial charge in [0.25, 0.3) is 5.91 Å². The monoisotopic (exact) mass is 362 g/mol. The molecule has 1 amide bonds. The van der Waals surface area contributed by atoms with E-state index in [4.69, 9.17) is 0 Å². The summed E-state index contributed by atoms with van der Waals surface area (Å²) in [7, 11) is 0. The van der Waals surface area contributed by atoms with Crippen molar-refractivity contribution in [2.45, 2.75) is 6.92 Å². The van der Waals surface area contributed by atoms with Gasteiger partial charge in [-0.25, -0.2) is 14.9 Å². The van der Waals surface area contributed by atoms with Crippen molar-refractivity contribution in [3.63, 3.8) is 0 Å². The number of aromatic nitrogens is 4. The maximum Gasteiger partial charge on any atom is 0.271 e. The molecule has 0 atom stereocenters. The van der Waals surface area contributed by atoms with Crippen molar-refractivity contribution >= 4 is 28.4 Å². The van der Waals surface area contributed by atoms with Crippen LogP contribution in [0.25, 0.3) is 16.2 Å².